The van der Waals surface area contributed by atoms with Crippen LogP contribution in [0.1, 0.15) is 49.9 Å². The lowest BCUT2D eigenvalue weighted by Gasteiger charge is -2.22. The van der Waals surface area contributed by atoms with Crippen molar-refractivity contribution in [3.05, 3.63) is 76.5 Å². The number of fused-ring (bicyclic) bond motifs is 1. The predicted molar refractivity (Wildman–Crippen MR) is 132 cm³/mol. The first kappa shape index (κ1) is 22.3. The van der Waals surface area contributed by atoms with E-state index in [9.17, 15) is 4.79 Å². The van der Waals surface area contributed by atoms with Gasteiger partial charge in [0.1, 0.15) is 17.1 Å². The minimum atomic E-state index is -0.116. The van der Waals surface area contributed by atoms with Gasteiger partial charge in [-0.3, -0.25) is 9.78 Å². The van der Waals surface area contributed by atoms with Gasteiger partial charge in [0.2, 0.25) is 0 Å². The fraction of sp³-hybridized carbons (Fsp3) is 0.370. The molecular weight excluding hydrogens is 428 g/mol. The Hall–Kier alpha value is -3.45. The van der Waals surface area contributed by atoms with Gasteiger partial charge in [0.05, 0.1) is 29.9 Å². The molecule has 0 amide bonds. The molecule has 1 atom stereocenters. The molecule has 0 N–H and O–H groups in total. The predicted octanol–water partition coefficient (Wildman–Crippen LogP) is 4.70. The van der Waals surface area contributed by atoms with Crippen LogP contribution in [0.4, 0.5) is 0 Å². The molecule has 176 valence electrons. The van der Waals surface area contributed by atoms with Gasteiger partial charge in [-0.25, -0.2) is 4.98 Å². The number of benzene rings is 1. The van der Waals surface area contributed by atoms with Crippen molar-refractivity contribution in [3.8, 4) is 17.1 Å². The van der Waals surface area contributed by atoms with Crippen LogP contribution >= 0.6 is 0 Å². The van der Waals surface area contributed by atoms with E-state index in [1.807, 2.05) is 25.4 Å². The number of rotatable bonds is 6. The highest BCUT2D eigenvalue weighted by Crippen LogP contribution is 2.36. The van der Waals surface area contributed by atoms with Crippen molar-refractivity contribution in [3.63, 3.8) is 0 Å². The molecule has 1 aliphatic rings. The maximum Gasteiger partial charge on any atom is 0.254 e. The third-order valence-electron chi connectivity index (χ3n) is 6.64. The zero-order valence-electron chi connectivity index (χ0n) is 19.9. The normalized spacial score (nSPS) is 15.5. The second kappa shape index (κ2) is 9.43. The Bertz CT molecular complexity index is 1350. The molecule has 34 heavy (non-hydrogen) atoms. The first-order chi connectivity index (χ1) is 16.6. The number of hydrogen-bond acceptors (Lipinski definition) is 5. The van der Waals surface area contributed by atoms with E-state index in [0.717, 1.165) is 54.2 Å². The summed E-state index contributed by atoms with van der Waals surface area (Å²) >= 11 is 0. The lowest BCUT2D eigenvalue weighted by Crippen LogP contribution is -2.17. The van der Waals surface area contributed by atoms with Crippen LogP contribution < -0.4 is 10.3 Å². The Balaban J connectivity index is 1.75. The molecule has 1 aliphatic heterocycles. The number of pyridine rings is 2. The molecule has 7 nitrogen and oxygen atoms in total. The molecular formula is C27H30N4O3. The summed E-state index contributed by atoms with van der Waals surface area (Å²) in [5, 5.41) is 0. The Morgan fingerprint density at radius 1 is 1.18 bits per heavy atom. The van der Waals surface area contributed by atoms with Crippen molar-refractivity contribution in [1.29, 1.82) is 0 Å². The summed E-state index contributed by atoms with van der Waals surface area (Å²) in [7, 11) is 1.75. The van der Waals surface area contributed by atoms with E-state index < -0.39 is 0 Å². The Kier molecular flexibility index (Phi) is 6.20. The van der Waals surface area contributed by atoms with Gasteiger partial charge in [-0.05, 0) is 38.3 Å². The summed E-state index contributed by atoms with van der Waals surface area (Å²) in [6.07, 6.45) is 5.64. The summed E-state index contributed by atoms with van der Waals surface area (Å²) in [6, 6.07) is 14.1. The van der Waals surface area contributed by atoms with Crippen LogP contribution in [0.15, 0.2) is 59.7 Å². The van der Waals surface area contributed by atoms with Crippen molar-refractivity contribution in [2.45, 2.75) is 38.6 Å². The fourth-order valence-electron chi connectivity index (χ4n) is 4.75. The Labute approximate surface area is 199 Å². The Morgan fingerprint density at radius 2 is 1.94 bits per heavy atom. The van der Waals surface area contributed by atoms with Crippen molar-refractivity contribution >= 4 is 11.0 Å². The molecule has 0 saturated carbocycles. The third kappa shape index (κ3) is 4.12. The van der Waals surface area contributed by atoms with Crippen LogP contribution in [0.3, 0.4) is 0 Å². The van der Waals surface area contributed by atoms with Crippen LogP contribution in [0.5, 0.6) is 5.75 Å². The molecule has 7 heteroatoms. The number of aromatic nitrogens is 4. The summed E-state index contributed by atoms with van der Waals surface area (Å²) < 4.78 is 15.3. The van der Waals surface area contributed by atoms with Gasteiger partial charge >= 0.3 is 0 Å². The van der Waals surface area contributed by atoms with E-state index in [0.29, 0.717) is 18.3 Å². The second-order valence-corrected chi connectivity index (χ2v) is 8.81. The van der Waals surface area contributed by atoms with E-state index in [1.165, 1.54) is 5.56 Å². The summed E-state index contributed by atoms with van der Waals surface area (Å²) in [5.41, 5.74) is 4.78. The number of ether oxygens (including phenoxy) is 2. The second-order valence-electron chi connectivity index (χ2n) is 8.81. The zero-order valence-corrected chi connectivity index (χ0v) is 19.9. The summed E-state index contributed by atoms with van der Waals surface area (Å²) in [5.74, 6) is 1.69. The number of nitrogens with zero attached hydrogens (tertiary/aromatic N) is 4. The molecule has 1 fully saturated rings. The van der Waals surface area contributed by atoms with E-state index >= 15 is 0 Å². The first-order valence-corrected chi connectivity index (χ1v) is 11.9. The molecule has 0 aliphatic carbocycles. The largest absolute Gasteiger partial charge is 0.493 e. The van der Waals surface area contributed by atoms with Gasteiger partial charge in [-0.1, -0.05) is 30.3 Å². The molecule has 0 radical (unpaired) electrons. The van der Waals surface area contributed by atoms with E-state index in [-0.39, 0.29) is 11.6 Å². The van der Waals surface area contributed by atoms with E-state index in [4.69, 9.17) is 19.4 Å². The highest BCUT2D eigenvalue weighted by atomic mass is 16.5. The third-order valence-corrected chi connectivity index (χ3v) is 6.64. The number of aryl methyl sites for hydroxylation is 1. The van der Waals surface area contributed by atoms with Gasteiger partial charge in [-0.2, -0.15) is 0 Å². The van der Waals surface area contributed by atoms with Gasteiger partial charge in [0.15, 0.2) is 0 Å². The van der Waals surface area contributed by atoms with Crippen molar-refractivity contribution in [1.82, 2.24) is 19.1 Å². The molecule has 3 aromatic heterocycles. The highest BCUT2D eigenvalue weighted by molar-refractivity contribution is 5.82. The SMILES string of the molecule is CCOc1cc(=O)n(C)cc1-c1nc2cnc(C3CCOCC3)cc2n1[C@@H](C)c1ccccc1. The van der Waals surface area contributed by atoms with Gasteiger partial charge < -0.3 is 18.6 Å². The van der Waals surface area contributed by atoms with Gasteiger partial charge in [0.25, 0.3) is 5.56 Å². The van der Waals surface area contributed by atoms with Crippen LogP contribution in [0.2, 0.25) is 0 Å². The molecule has 0 spiro atoms. The van der Waals surface area contributed by atoms with Crippen molar-refractivity contribution < 1.29 is 9.47 Å². The quantitative estimate of drug-likeness (QED) is 0.419. The lowest BCUT2D eigenvalue weighted by molar-refractivity contribution is 0.0845. The summed E-state index contributed by atoms with van der Waals surface area (Å²) in [6.45, 7) is 6.10. The smallest absolute Gasteiger partial charge is 0.254 e. The van der Waals surface area contributed by atoms with E-state index in [2.05, 4.69) is 41.8 Å². The fourth-order valence-corrected chi connectivity index (χ4v) is 4.75. The maximum absolute atomic E-state index is 12.4. The highest BCUT2D eigenvalue weighted by Gasteiger charge is 2.24. The van der Waals surface area contributed by atoms with Crippen LogP contribution in [-0.4, -0.2) is 38.9 Å². The van der Waals surface area contributed by atoms with Crippen molar-refractivity contribution in [2.24, 2.45) is 7.05 Å². The van der Waals surface area contributed by atoms with Crippen molar-refractivity contribution in [2.75, 3.05) is 19.8 Å². The monoisotopic (exact) mass is 458 g/mol. The van der Waals surface area contributed by atoms with Gasteiger partial charge in [0, 0.05) is 44.1 Å². The lowest BCUT2D eigenvalue weighted by atomic mass is 9.96. The average molecular weight is 459 g/mol. The maximum atomic E-state index is 12.4. The van der Waals surface area contributed by atoms with Crippen LogP contribution in [0, 0.1) is 0 Å². The van der Waals surface area contributed by atoms with Crippen LogP contribution in [0.25, 0.3) is 22.4 Å². The molecule has 0 unspecified atom stereocenters. The number of hydrogen-bond donors (Lipinski definition) is 0. The van der Waals surface area contributed by atoms with E-state index in [1.54, 1.807) is 17.7 Å². The Morgan fingerprint density at radius 3 is 2.68 bits per heavy atom. The molecule has 5 rings (SSSR count). The number of imidazole rings is 1. The molecule has 4 aromatic rings. The standard InChI is InChI=1S/C27H30N4O3/c1-4-34-25-15-26(32)30(3)17-21(25)27-29-23-16-28-22(20-10-12-33-13-11-20)14-24(23)31(27)18(2)19-8-6-5-7-9-19/h5-9,14-18,20H,4,10-13H2,1-3H3/t18-/m0/s1. The molecule has 0 bridgehead atoms. The minimum absolute atomic E-state index is 0.0119. The van der Waals surface area contributed by atoms with Crippen LogP contribution in [-0.2, 0) is 11.8 Å². The zero-order chi connectivity index (χ0) is 23.7. The average Bonchev–Trinajstić information content (AvgIpc) is 3.25. The summed E-state index contributed by atoms with van der Waals surface area (Å²) in [4.78, 5) is 22.2. The minimum Gasteiger partial charge on any atom is -0.493 e. The first-order valence-electron chi connectivity index (χ1n) is 11.9. The van der Waals surface area contributed by atoms with Gasteiger partial charge in [-0.15, -0.1) is 0 Å². The topological polar surface area (TPSA) is 71.2 Å². The molecule has 1 aromatic carbocycles. The molecule has 4 heterocycles. The molecule has 1 saturated heterocycles.